The molecule has 0 aliphatic carbocycles. The molecule has 0 spiro atoms. The lowest BCUT2D eigenvalue weighted by Crippen LogP contribution is -2.04. The van der Waals surface area contributed by atoms with Gasteiger partial charge in [0.1, 0.15) is 11.6 Å². The van der Waals surface area contributed by atoms with Crippen LogP contribution in [-0.4, -0.2) is 11.6 Å². The van der Waals surface area contributed by atoms with E-state index in [2.05, 4.69) is 13.8 Å². The molecule has 0 unspecified atom stereocenters. The van der Waals surface area contributed by atoms with E-state index in [4.69, 9.17) is 0 Å². The van der Waals surface area contributed by atoms with Gasteiger partial charge < -0.3 is 0 Å². The number of Topliss-reactive ketones (excluding diaryl/α,β-unsaturated/α-hetero) is 2. The van der Waals surface area contributed by atoms with Crippen molar-refractivity contribution in [2.45, 2.75) is 71.6 Å². The second-order valence-corrected chi connectivity index (χ2v) is 4.14. The predicted molar refractivity (Wildman–Crippen MR) is 62.9 cm³/mol. The quantitative estimate of drug-likeness (QED) is 0.518. The van der Waals surface area contributed by atoms with Gasteiger partial charge in [0.15, 0.2) is 0 Å². The molecular formula is C13H24O2. The highest BCUT2D eigenvalue weighted by Gasteiger charge is 2.06. The molecule has 0 N–H and O–H groups in total. The summed E-state index contributed by atoms with van der Waals surface area (Å²) in [5, 5.41) is 0. The number of hydrogen-bond acceptors (Lipinski definition) is 2. The summed E-state index contributed by atoms with van der Waals surface area (Å²) in [7, 11) is 0. The lowest BCUT2D eigenvalue weighted by Gasteiger charge is -2.00. The van der Waals surface area contributed by atoms with Crippen LogP contribution in [0.25, 0.3) is 0 Å². The predicted octanol–water partition coefficient (Wildman–Crippen LogP) is 3.68. The van der Waals surface area contributed by atoms with Gasteiger partial charge in [-0.05, 0) is 12.8 Å². The fraction of sp³-hybridized carbons (Fsp3) is 0.846. The maximum atomic E-state index is 11.3. The molecule has 0 aromatic heterocycles. The van der Waals surface area contributed by atoms with E-state index in [0.29, 0.717) is 25.7 Å². The van der Waals surface area contributed by atoms with Crippen LogP contribution in [-0.2, 0) is 9.59 Å². The van der Waals surface area contributed by atoms with Crippen LogP contribution in [0.15, 0.2) is 0 Å². The van der Waals surface area contributed by atoms with Crippen LogP contribution in [0.2, 0.25) is 0 Å². The van der Waals surface area contributed by atoms with Crippen molar-refractivity contribution in [3.63, 3.8) is 0 Å². The molecule has 88 valence electrons. The normalized spacial score (nSPS) is 10.3. The number of ketones is 2. The average Bonchev–Trinajstić information content (AvgIpc) is 2.24. The summed E-state index contributed by atoms with van der Waals surface area (Å²) in [4.78, 5) is 22.6. The van der Waals surface area contributed by atoms with Crippen molar-refractivity contribution >= 4 is 11.6 Å². The third-order valence-electron chi connectivity index (χ3n) is 2.55. The van der Waals surface area contributed by atoms with Crippen LogP contribution in [0.4, 0.5) is 0 Å². The van der Waals surface area contributed by atoms with Gasteiger partial charge in [-0.2, -0.15) is 0 Å². The van der Waals surface area contributed by atoms with E-state index >= 15 is 0 Å². The minimum atomic E-state index is 0.251. The Kier molecular flexibility index (Phi) is 9.44. The molecule has 0 amide bonds. The van der Waals surface area contributed by atoms with Crippen molar-refractivity contribution in [3.05, 3.63) is 0 Å². The Morgan fingerprint density at radius 2 is 1.13 bits per heavy atom. The van der Waals surface area contributed by atoms with Gasteiger partial charge in [-0.25, -0.2) is 0 Å². The molecule has 0 bridgehead atoms. The SMILES string of the molecule is CCCCCC(=O)CCC(=O)CCCC. The molecule has 0 heterocycles. The standard InChI is InChI=1S/C13H24O2/c1-3-5-7-9-13(15)11-10-12(14)8-6-4-2/h3-11H2,1-2H3. The maximum Gasteiger partial charge on any atom is 0.133 e. The molecule has 0 rings (SSSR count). The highest BCUT2D eigenvalue weighted by atomic mass is 16.1. The zero-order valence-corrected chi connectivity index (χ0v) is 10.2. The molecule has 0 aromatic carbocycles. The second-order valence-electron chi connectivity index (χ2n) is 4.14. The second kappa shape index (κ2) is 9.88. The van der Waals surface area contributed by atoms with Crippen LogP contribution in [0, 0.1) is 0 Å². The van der Waals surface area contributed by atoms with Gasteiger partial charge in [0, 0.05) is 25.7 Å². The van der Waals surface area contributed by atoms with Crippen LogP contribution in [0.1, 0.15) is 71.6 Å². The van der Waals surface area contributed by atoms with Crippen molar-refractivity contribution in [2.75, 3.05) is 0 Å². The summed E-state index contributed by atoms with van der Waals surface area (Å²) in [6, 6.07) is 0. The summed E-state index contributed by atoms with van der Waals surface area (Å²) < 4.78 is 0. The Morgan fingerprint density at radius 1 is 0.667 bits per heavy atom. The summed E-state index contributed by atoms with van der Waals surface area (Å²) in [5.74, 6) is 0.508. The Bertz CT molecular complexity index is 185. The van der Waals surface area contributed by atoms with E-state index in [1.807, 2.05) is 0 Å². The van der Waals surface area contributed by atoms with Gasteiger partial charge in [-0.15, -0.1) is 0 Å². The van der Waals surface area contributed by atoms with Gasteiger partial charge in [-0.1, -0.05) is 33.1 Å². The van der Waals surface area contributed by atoms with E-state index in [1.165, 1.54) is 0 Å². The van der Waals surface area contributed by atoms with Crippen LogP contribution >= 0.6 is 0 Å². The highest BCUT2D eigenvalue weighted by molar-refractivity contribution is 5.85. The third-order valence-corrected chi connectivity index (χ3v) is 2.55. The smallest absolute Gasteiger partial charge is 0.133 e. The fourth-order valence-electron chi connectivity index (χ4n) is 1.47. The van der Waals surface area contributed by atoms with Crippen molar-refractivity contribution < 1.29 is 9.59 Å². The van der Waals surface area contributed by atoms with E-state index in [9.17, 15) is 9.59 Å². The molecule has 0 aromatic rings. The number of carbonyl (C=O) groups is 2. The topological polar surface area (TPSA) is 34.1 Å². The Hall–Kier alpha value is -0.660. The minimum Gasteiger partial charge on any atom is -0.300 e. The summed E-state index contributed by atoms with van der Waals surface area (Å²) in [5.41, 5.74) is 0. The molecule has 0 saturated carbocycles. The largest absolute Gasteiger partial charge is 0.300 e. The fourth-order valence-corrected chi connectivity index (χ4v) is 1.47. The van der Waals surface area contributed by atoms with Crippen molar-refractivity contribution in [1.82, 2.24) is 0 Å². The van der Waals surface area contributed by atoms with Gasteiger partial charge in [0.25, 0.3) is 0 Å². The number of rotatable bonds is 10. The Labute approximate surface area is 93.4 Å². The van der Waals surface area contributed by atoms with Crippen molar-refractivity contribution in [2.24, 2.45) is 0 Å². The molecule has 0 radical (unpaired) electrons. The van der Waals surface area contributed by atoms with Crippen LogP contribution < -0.4 is 0 Å². The molecule has 2 heteroatoms. The van der Waals surface area contributed by atoms with Gasteiger partial charge in [0.05, 0.1) is 0 Å². The van der Waals surface area contributed by atoms with Crippen molar-refractivity contribution in [3.8, 4) is 0 Å². The van der Waals surface area contributed by atoms with Gasteiger partial charge in [0.2, 0.25) is 0 Å². The lowest BCUT2D eigenvalue weighted by atomic mass is 10.0. The van der Waals surface area contributed by atoms with Crippen molar-refractivity contribution in [1.29, 1.82) is 0 Å². The molecule has 0 saturated heterocycles. The van der Waals surface area contributed by atoms with Crippen LogP contribution in [0.3, 0.4) is 0 Å². The summed E-state index contributed by atoms with van der Waals surface area (Å²) in [6.45, 7) is 4.20. The van der Waals surface area contributed by atoms with Gasteiger partial charge in [-0.3, -0.25) is 9.59 Å². The molecular weight excluding hydrogens is 188 g/mol. The number of hydrogen-bond donors (Lipinski definition) is 0. The Balaban J connectivity index is 3.40. The molecule has 0 aliphatic heterocycles. The molecule has 0 fully saturated rings. The molecule has 0 aliphatic rings. The minimum absolute atomic E-state index is 0.251. The first-order valence-electron chi connectivity index (χ1n) is 6.24. The zero-order valence-electron chi connectivity index (χ0n) is 10.2. The summed E-state index contributed by atoms with van der Waals surface area (Å²) >= 11 is 0. The summed E-state index contributed by atoms with van der Waals surface area (Å²) in [6.07, 6.45) is 7.50. The average molecular weight is 212 g/mol. The highest BCUT2D eigenvalue weighted by Crippen LogP contribution is 2.06. The van der Waals surface area contributed by atoms with Crippen LogP contribution in [0.5, 0.6) is 0 Å². The van der Waals surface area contributed by atoms with E-state index in [1.54, 1.807) is 0 Å². The first-order chi connectivity index (χ1) is 7.20. The number of carbonyl (C=O) groups excluding carboxylic acids is 2. The lowest BCUT2D eigenvalue weighted by molar-refractivity contribution is -0.124. The molecule has 0 atom stereocenters. The maximum absolute atomic E-state index is 11.3. The van der Waals surface area contributed by atoms with Gasteiger partial charge >= 0.3 is 0 Å². The third kappa shape index (κ3) is 9.64. The zero-order chi connectivity index (χ0) is 11.5. The first kappa shape index (κ1) is 14.3. The molecule has 2 nitrogen and oxygen atoms in total. The Morgan fingerprint density at radius 3 is 1.60 bits per heavy atom. The monoisotopic (exact) mass is 212 g/mol. The van der Waals surface area contributed by atoms with E-state index < -0.39 is 0 Å². The number of unbranched alkanes of at least 4 members (excludes halogenated alkanes) is 3. The first-order valence-corrected chi connectivity index (χ1v) is 6.24. The molecule has 15 heavy (non-hydrogen) atoms. The van der Waals surface area contributed by atoms with E-state index in [-0.39, 0.29) is 11.6 Å². The van der Waals surface area contributed by atoms with E-state index in [0.717, 1.165) is 32.1 Å².